The van der Waals surface area contributed by atoms with E-state index < -0.39 is 0 Å². The number of amides is 2. The number of anilines is 1. The number of rotatable bonds is 3. The van der Waals surface area contributed by atoms with E-state index in [0.717, 1.165) is 5.56 Å². The number of hydrogen-bond donors (Lipinski definition) is 2. The van der Waals surface area contributed by atoms with Gasteiger partial charge in [0.05, 0.1) is 11.9 Å². The van der Waals surface area contributed by atoms with Gasteiger partial charge in [0, 0.05) is 18.9 Å². The molecule has 0 radical (unpaired) electrons. The van der Waals surface area contributed by atoms with Crippen molar-refractivity contribution in [3.63, 3.8) is 0 Å². The summed E-state index contributed by atoms with van der Waals surface area (Å²) >= 11 is 0. The summed E-state index contributed by atoms with van der Waals surface area (Å²) in [4.78, 5) is 30.9. The number of carbonyl (C=O) groups excluding carboxylic acids is 2. The number of fused-ring (bicyclic) bond motifs is 1. The first-order valence-electron chi connectivity index (χ1n) is 6.32. The largest absolute Gasteiger partial charge is 0.482 e. The summed E-state index contributed by atoms with van der Waals surface area (Å²) in [6.45, 7) is 0.342. The maximum Gasteiger partial charge on any atom is 0.271 e. The zero-order chi connectivity index (χ0) is 14.7. The second-order valence-corrected chi connectivity index (χ2v) is 4.44. The first-order valence-corrected chi connectivity index (χ1v) is 6.32. The Balaban J connectivity index is 1.67. The summed E-state index contributed by atoms with van der Waals surface area (Å²) in [7, 11) is 0. The van der Waals surface area contributed by atoms with E-state index in [0.29, 0.717) is 18.0 Å². The van der Waals surface area contributed by atoms with E-state index in [9.17, 15) is 9.59 Å². The lowest BCUT2D eigenvalue weighted by molar-refractivity contribution is -0.118. The molecule has 0 spiro atoms. The van der Waals surface area contributed by atoms with Crippen LogP contribution in [-0.4, -0.2) is 28.4 Å². The van der Waals surface area contributed by atoms with E-state index in [1.165, 1.54) is 18.6 Å². The summed E-state index contributed by atoms with van der Waals surface area (Å²) in [6, 6.07) is 5.36. The van der Waals surface area contributed by atoms with Gasteiger partial charge in [-0.1, -0.05) is 6.07 Å². The lowest BCUT2D eigenvalue weighted by Crippen LogP contribution is -2.26. The SMILES string of the molecule is O=C1COc2ccc(CNC(=O)c3cnccn3)cc2N1. The van der Waals surface area contributed by atoms with Crippen molar-refractivity contribution in [3.05, 3.63) is 48.0 Å². The third-order valence-corrected chi connectivity index (χ3v) is 2.93. The lowest BCUT2D eigenvalue weighted by atomic mass is 10.1. The molecule has 21 heavy (non-hydrogen) atoms. The fourth-order valence-electron chi connectivity index (χ4n) is 1.93. The highest BCUT2D eigenvalue weighted by atomic mass is 16.5. The highest BCUT2D eigenvalue weighted by Crippen LogP contribution is 2.28. The van der Waals surface area contributed by atoms with Crippen LogP contribution in [-0.2, 0) is 11.3 Å². The number of nitrogens with one attached hydrogen (secondary N) is 2. The number of ether oxygens (including phenoxy) is 1. The van der Waals surface area contributed by atoms with E-state index in [1.807, 2.05) is 6.07 Å². The lowest BCUT2D eigenvalue weighted by Gasteiger charge is -2.18. The molecule has 106 valence electrons. The van der Waals surface area contributed by atoms with Crippen LogP contribution in [0.15, 0.2) is 36.8 Å². The van der Waals surface area contributed by atoms with E-state index in [4.69, 9.17) is 4.74 Å². The molecule has 0 fully saturated rings. The van der Waals surface area contributed by atoms with Crippen molar-refractivity contribution in [1.29, 1.82) is 0 Å². The minimum Gasteiger partial charge on any atom is -0.482 e. The van der Waals surface area contributed by atoms with Crippen LogP contribution >= 0.6 is 0 Å². The van der Waals surface area contributed by atoms with Crippen LogP contribution in [0.1, 0.15) is 16.1 Å². The van der Waals surface area contributed by atoms with Crippen LogP contribution in [0, 0.1) is 0 Å². The highest BCUT2D eigenvalue weighted by molar-refractivity contribution is 5.95. The number of carbonyl (C=O) groups is 2. The minimum absolute atomic E-state index is 0.0236. The zero-order valence-electron chi connectivity index (χ0n) is 11.0. The van der Waals surface area contributed by atoms with Crippen LogP contribution < -0.4 is 15.4 Å². The molecule has 1 aromatic heterocycles. The van der Waals surface area contributed by atoms with Crippen molar-refractivity contribution >= 4 is 17.5 Å². The monoisotopic (exact) mass is 284 g/mol. The molecule has 2 N–H and O–H groups in total. The Labute approximate surface area is 120 Å². The molecule has 0 saturated carbocycles. The molecule has 7 heteroatoms. The standard InChI is InChI=1S/C14H12N4O3/c19-13-8-21-12-2-1-9(5-10(12)18-13)6-17-14(20)11-7-15-3-4-16-11/h1-5,7H,6,8H2,(H,17,20)(H,18,19). The number of benzene rings is 1. The van der Waals surface area contributed by atoms with E-state index in [-0.39, 0.29) is 24.1 Å². The van der Waals surface area contributed by atoms with Gasteiger partial charge in [0.25, 0.3) is 11.8 Å². The molecule has 1 aliphatic rings. The summed E-state index contributed by atoms with van der Waals surface area (Å²) < 4.78 is 5.27. The van der Waals surface area contributed by atoms with Gasteiger partial charge >= 0.3 is 0 Å². The van der Waals surface area contributed by atoms with Gasteiger partial charge in [0.1, 0.15) is 11.4 Å². The summed E-state index contributed by atoms with van der Waals surface area (Å²) in [5.74, 6) is 0.128. The molecule has 0 bridgehead atoms. The van der Waals surface area contributed by atoms with Crippen LogP contribution in [0.4, 0.5) is 5.69 Å². The number of aromatic nitrogens is 2. The molecule has 0 unspecified atom stereocenters. The van der Waals surface area contributed by atoms with Crippen molar-refractivity contribution in [2.45, 2.75) is 6.54 Å². The molecule has 0 aliphatic carbocycles. The Hall–Kier alpha value is -2.96. The molecule has 1 aliphatic heterocycles. The Morgan fingerprint density at radius 1 is 1.38 bits per heavy atom. The summed E-state index contributed by atoms with van der Waals surface area (Å²) in [5.41, 5.74) is 1.71. The fraction of sp³-hybridized carbons (Fsp3) is 0.143. The first-order chi connectivity index (χ1) is 10.2. The first kappa shape index (κ1) is 13.0. The van der Waals surface area contributed by atoms with Gasteiger partial charge in [0.15, 0.2) is 6.61 Å². The molecule has 1 aromatic carbocycles. The highest BCUT2D eigenvalue weighted by Gasteiger charge is 2.16. The zero-order valence-corrected chi connectivity index (χ0v) is 11.0. The fourth-order valence-corrected chi connectivity index (χ4v) is 1.93. The third-order valence-electron chi connectivity index (χ3n) is 2.93. The van der Waals surface area contributed by atoms with Gasteiger partial charge in [-0.25, -0.2) is 4.98 Å². The van der Waals surface area contributed by atoms with Crippen LogP contribution in [0.2, 0.25) is 0 Å². The predicted octanol–water partition coefficient (Wildman–Crippen LogP) is 0.737. The van der Waals surface area contributed by atoms with Crippen molar-refractivity contribution in [3.8, 4) is 5.75 Å². The quantitative estimate of drug-likeness (QED) is 0.867. The molecular formula is C14H12N4O3. The third kappa shape index (κ3) is 2.97. The smallest absolute Gasteiger partial charge is 0.271 e. The molecule has 2 amide bonds. The van der Waals surface area contributed by atoms with E-state index >= 15 is 0 Å². The van der Waals surface area contributed by atoms with E-state index in [1.54, 1.807) is 12.1 Å². The maximum atomic E-state index is 11.9. The molecule has 7 nitrogen and oxygen atoms in total. The van der Waals surface area contributed by atoms with Crippen LogP contribution in [0.5, 0.6) is 5.75 Å². The van der Waals surface area contributed by atoms with Gasteiger partial charge in [-0.15, -0.1) is 0 Å². The van der Waals surface area contributed by atoms with Gasteiger partial charge in [-0.2, -0.15) is 0 Å². The molecule has 2 heterocycles. The molecular weight excluding hydrogens is 272 g/mol. The average Bonchev–Trinajstić information content (AvgIpc) is 2.53. The van der Waals surface area contributed by atoms with Gasteiger partial charge in [-0.05, 0) is 17.7 Å². The molecule has 2 aromatic rings. The number of nitrogens with zero attached hydrogens (tertiary/aromatic N) is 2. The average molecular weight is 284 g/mol. The van der Waals surface area contributed by atoms with Gasteiger partial charge < -0.3 is 15.4 Å². The van der Waals surface area contributed by atoms with Crippen molar-refractivity contribution < 1.29 is 14.3 Å². The number of hydrogen-bond acceptors (Lipinski definition) is 5. The topological polar surface area (TPSA) is 93.2 Å². The van der Waals surface area contributed by atoms with Crippen molar-refractivity contribution in [1.82, 2.24) is 15.3 Å². The molecule has 0 atom stereocenters. The van der Waals surface area contributed by atoms with Gasteiger partial charge in [-0.3, -0.25) is 14.6 Å². The Morgan fingerprint density at radius 3 is 3.10 bits per heavy atom. The Morgan fingerprint density at radius 2 is 2.29 bits per heavy atom. The second kappa shape index (κ2) is 5.58. The minimum atomic E-state index is -0.305. The Kier molecular flexibility index (Phi) is 3.46. The molecule has 3 rings (SSSR count). The second-order valence-electron chi connectivity index (χ2n) is 4.44. The molecule has 0 saturated heterocycles. The Bertz CT molecular complexity index is 688. The van der Waals surface area contributed by atoms with E-state index in [2.05, 4.69) is 20.6 Å². The normalized spacial score (nSPS) is 12.9. The predicted molar refractivity (Wildman–Crippen MR) is 73.8 cm³/mol. The maximum absolute atomic E-state index is 11.9. The summed E-state index contributed by atoms with van der Waals surface area (Å²) in [6.07, 6.45) is 4.36. The summed E-state index contributed by atoms with van der Waals surface area (Å²) in [5, 5.41) is 5.46. The van der Waals surface area contributed by atoms with Gasteiger partial charge in [0.2, 0.25) is 0 Å². The van der Waals surface area contributed by atoms with Crippen molar-refractivity contribution in [2.24, 2.45) is 0 Å². The van der Waals surface area contributed by atoms with Crippen LogP contribution in [0.3, 0.4) is 0 Å². The van der Waals surface area contributed by atoms with Crippen LogP contribution in [0.25, 0.3) is 0 Å². The van der Waals surface area contributed by atoms with Crippen molar-refractivity contribution in [2.75, 3.05) is 11.9 Å².